The predicted octanol–water partition coefficient (Wildman–Crippen LogP) is -0.0409. The molecular weight excluding hydrogens is 220 g/mol. The van der Waals surface area contributed by atoms with Gasteiger partial charge in [0.25, 0.3) is 0 Å². The van der Waals surface area contributed by atoms with E-state index in [-0.39, 0.29) is 6.42 Å². The third kappa shape index (κ3) is 1.77. The van der Waals surface area contributed by atoms with Crippen molar-refractivity contribution in [3.05, 3.63) is 35.3 Å². The van der Waals surface area contributed by atoms with Gasteiger partial charge in [-0.1, -0.05) is 6.92 Å². The van der Waals surface area contributed by atoms with Crippen LogP contribution in [0, 0.1) is 5.21 Å². The standard InChI is InChI=1S/C12H14N2O3/c1-2-12(9-4-7-13-8-5-9)6-3-10(15)14(17)11(12)16/h4-5,7-8,14H,2-3,6H2,1H3. The molecule has 1 N–H and O–H groups in total. The van der Waals surface area contributed by atoms with Crippen molar-refractivity contribution in [2.75, 3.05) is 0 Å². The maximum atomic E-state index is 12.1. The van der Waals surface area contributed by atoms with Crippen molar-refractivity contribution in [1.82, 2.24) is 4.98 Å². The van der Waals surface area contributed by atoms with Crippen molar-refractivity contribution in [1.29, 1.82) is 0 Å². The van der Waals surface area contributed by atoms with E-state index in [0.29, 0.717) is 12.8 Å². The number of carbonyl (C=O) groups is 2. The van der Waals surface area contributed by atoms with Gasteiger partial charge in [0, 0.05) is 12.4 Å². The average Bonchev–Trinajstić information content (AvgIpc) is 2.38. The zero-order chi connectivity index (χ0) is 12.5. The molecule has 0 saturated carbocycles. The van der Waals surface area contributed by atoms with Crippen LogP contribution < -0.4 is 5.06 Å². The van der Waals surface area contributed by atoms with Gasteiger partial charge in [0.1, 0.15) is 5.41 Å². The molecule has 1 saturated heterocycles. The maximum absolute atomic E-state index is 12.1. The number of piperidine rings is 1. The molecule has 0 aliphatic carbocycles. The fourth-order valence-electron chi connectivity index (χ4n) is 2.39. The molecule has 1 aromatic heterocycles. The summed E-state index contributed by atoms with van der Waals surface area (Å²) < 4.78 is 0. The Balaban J connectivity index is 2.45. The Bertz CT molecular complexity index is 446. The summed E-state index contributed by atoms with van der Waals surface area (Å²) >= 11 is 0. The van der Waals surface area contributed by atoms with Crippen LogP contribution in [0.4, 0.5) is 0 Å². The lowest BCUT2D eigenvalue weighted by Gasteiger charge is -2.37. The summed E-state index contributed by atoms with van der Waals surface area (Å²) in [6.45, 7) is 1.86. The van der Waals surface area contributed by atoms with Crippen molar-refractivity contribution in [2.45, 2.75) is 31.6 Å². The molecule has 1 fully saturated rings. The molecule has 5 heteroatoms. The van der Waals surface area contributed by atoms with Crippen molar-refractivity contribution in [3.63, 3.8) is 0 Å². The number of hydrogen-bond acceptors (Lipinski definition) is 4. The highest BCUT2D eigenvalue weighted by Gasteiger charge is 2.48. The molecule has 90 valence electrons. The van der Waals surface area contributed by atoms with E-state index in [0.717, 1.165) is 5.56 Å². The lowest BCUT2D eigenvalue weighted by Crippen LogP contribution is -3.15. The SMILES string of the molecule is CCC1(c2ccncc2)CCC(=O)[NH+]([O-])C1=O. The molecule has 2 amide bonds. The molecule has 5 nitrogen and oxygen atoms in total. The summed E-state index contributed by atoms with van der Waals surface area (Å²) in [5.41, 5.74) is -0.0469. The Morgan fingerprint density at radius 3 is 2.65 bits per heavy atom. The first-order valence-electron chi connectivity index (χ1n) is 5.64. The van der Waals surface area contributed by atoms with Gasteiger partial charge in [-0.05, 0) is 30.5 Å². The Hall–Kier alpha value is -1.59. The second kappa shape index (κ2) is 4.35. The highest BCUT2D eigenvalue weighted by Crippen LogP contribution is 2.33. The van der Waals surface area contributed by atoms with E-state index >= 15 is 0 Å². The highest BCUT2D eigenvalue weighted by molar-refractivity contribution is 5.91. The predicted molar refractivity (Wildman–Crippen MR) is 59.8 cm³/mol. The monoisotopic (exact) mass is 234 g/mol. The van der Waals surface area contributed by atoms with Crippen LogP contribution in [0.25, 0.3) is 0 Å². The van der Waals surface area contributed by atoms with Crippen molar-refractivity contribution in [3.8, 4) is 0 Å². The molecule has 1 aliphatic rings. The van der Waals surface area contributed by atoms with Crippen LogP contribution in [0.3, 0.4) is 0 Å². The van der Waals surface area contributed by atoms with Crippen molar-refractivity contribution < 1.29 is 14.7 Å². The number of amides is 2. The molecule has 0 aromatic carbocycles. The molecule has 2 unspecified atom stereocenters. The molecule has 1 aromatic rings. The number of hydrogen-bond donors (Lipinski definition) is 1. The molecule has 0 spiro atoms. The van der Waals surface area contributed by atoms with E-state index in [1.807, 2.05) is 6.92 Å². The van der Waals surface area contributed by atoms with Crippen LogP contribution in [0.5, 0.6) is 0 Å². The average molecular weight is 234 g/mol. The Morgan fingerprint density at radius 2 is 2.06 bits per heavy atom. The van der Waals surface area contributed by atoms with Crippen molar-refractivity contribution in [2.24, 2.45) is 0 Å². The minimum absolute atomic E-state index is 0.154. The van der Waals surface area contributed by atoms with Gasteiger partial charge in [-0.3, -0.25) is 4.98 Å². The number of rotatable bonds is 2. The lowest BCUT2D eigenvalue weighted by atomic mass is 9.72. The molecule has 17 heavy (non-hydrogen) atoms. The third-order valence-electron chi connectivity index (χ3n) is 3.51. The summed E-state index contributed by atoms with van der Waals surface area (Å²) in [7, 11) is 0. The topological polar surface area (TPSA) is 74.5 Å². The number of aromatic nitrogens is 1. The van der Waals surface area contributed by atoms with Gasteiger partial charge in [-0.25, -0.2) is 14.7 Å². The summed E-state index contributed by atoms with van der Waals surface area (Å²) in [5.74, 6) is -1.13. The van der Waals surface area contributed by atoms with Crippen LogP contribution >= 0.6 is 0 Å². The number of hydroxylamine groups is 2. The van der Waals surface area contributed by atoms with Crippen LogP contribution in [-0.4, -0.2) is 16.8 Å². The second-order valence-electron chi connectivity index (χ2n) is 4.25. The first kappa shape index (κ1) is 11.9. The van der Waals surface area contributed by atoms with E-state index in [1.165, 1.54) is 0 Å². The lowest BCUT2D eigenvalue weighted by molar-refractivity contribution is -0.687. The third-order valence-corrected chi connectivity index (χ3v) is 3.51. The van der Waals surface area contributed by atoms with Gasteiger partial charge in [0.15, 0.2) is 0 Å². The van der Waals surface area contributed by atoms with Gasteiger partial charge in [0.2, 0.25) is 0 Å². The number of nitrogens with one attached hydrogen (secondary N) is 1. The Labute approximate surface area is 99.0 Å². The first-order chi connectivity index (χ1) is 8.12. The number of pyridine rings is 1. The Morgan fingerprint density at radius 1 is 1.41 bits per heavy atom. The molecule has 1 aliphatic heterocycles. The second-order valence-corrected chi connectivity index (χ2v) is 4.25. The van der Waals surface area contributed by atoms with E-state index in [4.69, 9.17) is 0 Å². The Kier molecular flexibility index (Phi) is 3.04. The minimum Gasteiger partial charge on any atom is -0.619 e. The fraction of sp³-hybridized carbons (Fsp3) is 0.417. The molecule has 2 atom stereocenters. The van der Waals surface area contributed by atoms with Gasteiger partial charge in [0.05, 0.1) is 6.42 Å². The van der Waals surface area contributed by atoms with Crippen LogP contribution in [0.15, 0.2) is 24.5 Å². The van der Waals surface area contributed by atoms with E-state index in [2.05, 4.69) is 4.98 Å². The van der Waals surface area contributed by atoms with Gasteiger partial charge in [-0.15, -0.1) is 0 Å². The normalized spacial score (nSPS) is 29.4. The fourth-order valence-corrected chi connectivity index (χ4v) is 2.39. The van der Waals surface area contributed by atoms with Gasteiger partial charge < -0.3 is 5.21 Å². The number of quaternary nitrogens is 1. The van der Waals surface area contributed by atoms with Crippen LogP contribution in [-0.2, 0) is 15.0 Å². The number of carbonyl (C=O) groups excluding carboxylic acids is 2. The largest absolute Gasteiger partial charge is 0.619 e. The zero-order valence-electron chi connectivity index (χ0n) is 9.60. The van der Waals surface area contributed by atoms with Gasteiger partial charge in [-0.2, -0.15) is 0 Å². The molecule has 2 heterocycles. The van der Waals surface area contributed by atoms with E-state index < -0.39 is 22.3 Å². The highest BCUT2D eigenvalue weighted by atomic mass is 16.5. The minimum atomic E-state index is -0.852. The maximum Gasteiger partial charge on any atom is 0.329 e. The molecule has 0 radical (unpaired) electrons. The van der Waals surface area contributed by atoms with Crippen molar-refractivity contribution >= 4 is 11.8 Å². The quantitative estimate of drug-likeness (QED) is 0.575. The molecule has 0 bridgehead atoms. The van der Waals surface area contributed by atoms with Gasteiger partial charge >= 0.3 is 11.8 Å². The molecular formula is C12H14N2O3. The summed E-state index contributed by atoms with van der Waals surface area (Å²) in [4.78, 5) is 27.3. The van der Waals surface area contributed by atoms with E-state index in [1.54, 1.807) is 24.5 Å². The summed E-state index contributed by atoms with van der Waals surface area (Å²) in [6.07, 6.45) is 4.29. The van der Waals surface area contributed by atoms with E-state index in [9.17, 15) is 14.8 Å². The van der Waals surface area contributed by atoms with Crippen LogP contribution in [0.1, 0.15) is 31.7 Å². The summed E-state index contributed by atoms with van der Waals surface area (Å²) in [5, 5.41) is 10.7. The van der Waals surface area contributed by atoms with Crippen LogP contribution in [0.2, 0.25) is 0 Å². The smallest absolute Gasteiger partial charge is 0.329 e. The number of imide groups is 1. The molecule has 2 rings (SSSR count). The first-order valence-corrected chi connectivity index (χ1v) is 5.64. The zero-order valence-corrected chi connectivity index (χ0v) is 9.60. The summed E-state index contributed by atoms with van der Waals surface area (Å²) in [6, 6.07) is 3.48. The number of nitrogens with zero attached hydrogens (tertiary/aromatic N) is 1.